The number of benzene rings is 1. The van der Waals surface area contributed by atoms with Gasteiger partial charge in [0.25, 0.3) is 11.5 Å². The van der Waals surface area contributed by atoms with Crippen molar-refractivity contribution in [1.29, 1.82) is 0 Å². The highest BCUT2D eigenvalue weighted by Gasteiger charge is 2.15. The minimum atomic E-state index is -0.546. The van der Waals surface area contributed by atoms with Gasteiger partial charge in [-0.1, -0.05) is 11.6 Å². The van der Waals surface area contributed by atoms with E-state index in [2.05, 4.69) is 10.3 Å². The molecule has 0 atom stereocenters. The van der Waals surface area contributed by atoms with Gasteiger partial charge in [-0.2, -0.15) is 0 Å². The molecule has 2 heterocycles. The number of halogens is 1. The second-order valence-corrected chi connectivity index (χ2v) is 4.81. The molecule has 0 unspecified atom stereocenters. The lowest BCUT2D eigenvalue weighted by atomic mass is 10.2. The predicted octanol–water partition coefficient (Wildman–Crippen LogP) is 2.05. The van der Waals surface area contributed by atoms with Crippen LogP contribution in [-0.4, -0.2) is 24.1 Å². The average molecular weight is 307 g/mol. The van der Waals surface area contributed by atoms with Crippen LogP contribution in [0.4, 0.5) is 5.69 Å². The van der Waals surface area contributed by atoms with Crippen molar-refractivity contribution in [3.63, 3.8) is 0 Å². The van der Waals surface area contributed by atoms with E-state index in [4.69, 9.17) is 21.1 Å². The van der Waals surface area contributed by atoms with E-state index < -0.39 is 11.5 Å². The first kappa shape index (κ1) is 13.5. The van der Waals surface area contributed by atoms with Crippen LogP contribution in [0.25, 0.3) is 0 Å². The molecule has 0 spiro atoms. The molecule has 2 N–H and O–H groups in total. The number of rotatable bonds is 2. The van der Waals surface area contributed by atoms with Gasteiger partial charge in [-0.05, 0) is 18.2 Å². The summed E-state index contributed by atoms with van der Waals surface area (Å²) in [6.45, 7) is 0.953. The smallest absolute Gasteiger partial charge is 0.261 e. The van der Waals surface area contributed by atoms with Crippen LogP contribution < -0.4 is 20.3 Å². The summed E-state index contributed by atoms with van der Waals surface area (Å²) in [7, 11) is 0. The van der Waals surface area contributed by atoms with Gasteiger partial charge in [-0.3, -0.25) is 9.59 Å². The quantitative estimate of drug-likeness (QED) is 0.890. The zero-order valence-corrected chi connectivity index (χ0v) is 11.6. The molecule has 0 saturated heterocycles. The molecule has 6 nitrogen and oxygen atoms in total. The van der Waals surface area contributed by atoms with Crippen LogP contribution in [0, 0.1) is 0 Å². The van der Waals surface area contributed by atoms with Gasteiger partial charge in [0.2, 0.25) is 0 Å². The minimum absolute atomic E-state index is 0.0580. The van der Waals surface area contributed by atoms with Crippen LogP contribution in [0.15, 0.2) is 35.3 Å². The summed E-state index contributed by atoms with van der Waals surface area (Å²) in [4.78, 5) is 26.1. The number of amides is 1. The maximum absolute atomic E-state index is 12.1. The number of pyridine rings is 1. The van der Waals surface area contributed by atoms with E-state index >= 15 is 0 Å². The zero-order chi connectivity index (χ0) is 14.8. The second kappa shape index (κ2) is 5.49. The average Bonchev–Trinajstić information content (AvgIpc) is 2.49. The van der Waals surface area contributed by atoms with Crippen LogP contribution in [0.5, 0.6) is 11.5 Å². The van der Waals surface area contributed by atoms with Crippen LogP contribution in [-0.2, 0) is 0 Å². The molecule has 0 saturated carbocycles. The van der Waals surface area contributed by atoms with Gasteiger partial charge >= 0.3 is 0 Å². The molecule has 1 aliphatic rings. The Morgan fingerprint density at radius 2 is 1.95 bits per heavy atom. The summed E-state index contributed by atoms with van der Waals surface area (Å²) in [5.41, 5.74) is -0.0598. The SMILES string of the molecule is O=C(Nc1ccc2c(c1)OCCO2)c1cc(Cl)c[nH]c1=O. The highest BCUT2D eigenvalue weighted by molar-refractivity contribution is 6.30. The van der Waals surface area contributed by atoms with Crippen LogP contribution in [0.2, 0.25) is 5.02 Å². The third-order valence-corrected chi connectivity index (χ3v) is 3.13. The fourth-order valence-electron chi connectivity index (χ4n) is 1.95. The van der Waals surface area contributed by atoms with Gasteiger partial charge in [-0.25, -0.2) is 0 Å². The lowest BCUT2D eigenvalue weighted by Gasteiger charge is -2.18. The molecular weight excluding hydrogens is 296 g/mol. The van der Waals surface area contributed by atoms with Gasteiger partial charge in [-0.15, -0.1) is 0 Å². The molecule has 108 valence electrons. The van der Waals surface area contributed by atoms with E-state index in [0.29, 0.717) is 30.4 Å². The number of aromatic amines is 1. The molecule has 7 heteroatoms. The number of hydrogen-bond donors (Lipinski definition) is 2. The Kier molecular flexibility index (Phi) is 3.53. The standard InChI is InChI=1S/C14H11ClN2O4/c15-8-5-10(13(18)16-7-8)14(19)17-9-1-2-11-12(6-9)21-4-3-20-11/h1-2,5-7H,3-4H2,(H,16,18)(H,17,19). The van der Waals surface area contributed by atoms with Gasteiger partial charge in [0.1, 0.15) is 18.8 Å². The van der Waals surface area contributed by atoms with Gasteiger partial charge in [0.15, 0.2) is 11.5 Å². The number of H-pyrrole nitrogens is 1. The largest absolute Gasteiger partial charge is 0.486 e. The Morgan fingerprint density at radius 3 is 2.76 bits per heavy atom. The molecule has 1 amide bonds. The van der Waals surface area contributed by atoms with Crippen molar-refractivity contribution in [3.8, 4) is 11.5 Å². The lowest BCUT2D eigenvalue weighted by molar-refractivity contribution is 0.102. The number of hydrogen-bond acceptors (Lipinski definition) is 4. The Bertz CT molecular complexity index is 757. The first-order chi connectivity index (χ1) is 10.1. The molecule has 0 fully saturated rings. The fourth-order valence-corrected chi connectivity index (χ4v) is 2.11. The number of anilines is 1. The minimum Gasteiger partial charge on any atom is -0.486 e. The summed E-state index contributed by atoms with van der Waals surface area (Å²) in [5.74, 6) is 0.634. The molecule has 0 aliphatic carbocycles. The number of ether oxygens (including phenoxy) is 2. The number of fused-ring (bicyclic) bond motifs is 1. The van der Waals surface area contributed by atoms with Crippen LogP contribution in [0.3, 0.4) is 0 Å². The summed E-state index contributed by atoms with van der Waals surface area (Å²) in [6, 6.07) is 6.33. The molecule has 1 aromatic heterocycles. The summed E-state index contributed by atoms with van der Waals surface area (Å²) < 4.78 is 10.8. The normalized spacial score (nSPS) is 12.8. The third kappa shape index (κ3) is 2.85. The number of nitrogens with one attached hydrogen (secondary N) is 2. The van der Waals surface area contributed by atoms with E-state index in [0.717, 1.165) is 0 Å². The fraction of sp³-hybridized carbons (Fsp3) is 0.143. The maximum atomic E-state index is 12.1. The van der Waals surface area contributed by atoms with E-state index in [1.807, 2.05) is 0 Å². The second-order valence-electron chi connectivity index (χ2n) is 4.37. The first-order valence-corrected chi connectivity index (χ1v) is 6.60. The topological polar surface area (TPSA) is 80.4 Å². The monoisotopic (exact) mass is 306 g/mol. The van der Waals surface area contributed by atoms with Gasteiger partial charge in [0, 0.05) is 18.0 Å². The number of carbonyl (C=O) groups is 1. The Balaban J connectivity index is 1.84. The molecule has 3 rings (SSSR count). The lowest BCUT2D eigenvalue weighted by Crippen LogP contribution is -2.23. The van der Waals surface area contributed by atoms with E-state index in [-0.39, 0.29) is 10.6 Å². The van der Waals surface area contributed by atoms with E-state index in [1.165, 1.54) is 12.3 Å². The molecule has 0 radical (unpaired) electrons. The highest BCUT2D eigenvalue weighted by Crippen LogP contribution is 2.32. The Hall–Kier alpha value is -2.47. The van der Waals surface area contributed by atoms with E-state index in [1.54, 1.807) is 18.2 Å². The third-order valence-electron chi connectivity index (χ3n) is 2.91. The number of aromatic nitrogens is 1. The number of carbonyl (C=O) groups excluding carboxylic acids is 1. The van der Waals surface area contributed by atoms with Crippen molar-refractivity contribution in [2.24, 2.45) is 0 Å². The van der Waals surface area contributed by atoms with Gasteiger partial charge < -0.3 is 19.8 Å². The van der Waals surface area contributed by atoms with E-state index in [9.17, 15) is 9.59 Å². The Morgan fingerprint density at radius 1 is 1.19 bits per heavy atom. The maximum Gasteiger partial charge on any atom is 0.261 e. The molecule has 1 aromatic carbocycles. The highest BCUT2D eigenvalue weighted by atomic mass is 35.5. The molecule has 21 heavy (non-hydrogen) atoms. The summed E-state index contributed by atoms with van der Waals surface area (Å²) in [5, 5.41) is 2.90. The van der Waals surface area contributed by atoms with Crippen molar-refractivity contribution < 1.29 is 14.3 Å². The molecule has 1 aliphatic heterocycles. The van der Waals surface area contributed by atoms with Crippen molar-refractivity contribution in [2.75, 3.05) is 18.5 Å². The molecule has 0 bridgehead atoms. The van der Waals surface area contributed by atoms with Crippen LogP contribution in [0.1, 0.15) is 10.4 Å². The van der Waals surface area contributed by atoms with Crippen molar-refractivity contribution in [1.82, 2.24) is 4.98 Å². The predicted molar refractivity (Wildman–Crippen MR) is 77.5 cm³/mol. The summed E-state index contributed by atoms with van der Waals surface area (Å²) >= 11 is 5.77. The van der Waals surface area contributed by atoms with Crippen molar-refractivity contribution >= 4 is 23.2 Å². The summed E-state index contributed by atoms with van der Waals surface area (Å²) in [6.07, 6.45) is 1.32. The van der Waals surface area contributed by atoms with Crippen molar-refractivity contribution in [2.45, 2.75) is 0 Å². The van der Waals surface area contributed by atoms with Gasteiger partial charge in [0.05, 0.1) is 5.02 Å². The molecular formula is C14H11ClN2O4. The first-order valence-electron chi connectivity index (χ1n) is 6.23. The van der Waals surface area contributed by atoms with Crippen molar-refractivity contribution in [3.05, 3.63) is 51.4 Å². The Labute approximate surface area is 124 Å². The zero-order valence-electron chi connectivity index (χ0n) is 10.8. The van der Waals surface area contributed by atoms with Crippen LogP contribution >= 0.6 is 11.6 Å². The molecule has 2 aromatic rings.